The van der Waals surface area contributed by atoms with Crippen LogP contribution in [0.15, 0.2) is 53.2 Å². The Morgan fingerprint density at radius 2 is 1.92 bits per heavy atom. The highest BCUT2D eigenvalue weighted by Gasteiger charge is 2.33. The fraction of sp³-hybridized carbons (Fsp3) is 0.379. The van der Waals surface area contributed by atoms with Gasteiger partial charge in [0.1, 0.15) is 17.2 Å². The van der Waals surface area contributed by atoms with Crippen molar-refractivity contribution in [1.29, 1.82) is 0 Å². The van der Waals surface area contributed by atoms with E-state index in [4.69, 9.17) is 9.26 Å². The zero-order chi connectivity index (χ0) is 25.5. The molecule has 37 heavy (non-hydrogen) atoms. The molecule has 0 bridgehead atoms. The fourth-order valence-electron chi connectivity index (χ4n) is 5.52. The number of methoxy groups -OCH3 is 1. The molecule has 2 aromatic carbocycles. The molecule has 1 saturated heterocycles. The maximum Gasteiger partial charge on any atom is 0.337 e. The van der Waals surface area contributed by atoms with E-state index in [9.17, 15) is 9.90 Å². The lowest BCUT2D eigenvalue weighted by molar-refractivity contribution is 0.0699. The number of aromatic nitrogens is 2. The molecular formula is C29H32N4O4. The number of nitrogens with zero attached hydrogens (tertiary/aromatic N) is 4. The number of carboxylic acids is 1. The summed E-state index contributed by atoms with van der Waals surface area (Å²) >= 11 is 0. The first-order valence-corrected chi connectivity index (χ1v) is 12.9. The van der Waals surface area contributed by atoms with E-state index in [1.54, 1.807) is 13.3 Å². The number of benzene rings is 2. The van der Waals surface area contributed by atoms with Gasteiger partial charge in [-0.1, -0.05) is 17.3 Å². The quantitative estimate of drug-likeness (QED) is 0.373. The van der Waals surface area contributed by atoms with Crippen molar-refractivity contribution in [1.82, 2.24) is 14.6 Å². The van der Waals surface area contributed by atoms with E-state index in [1.807, 2.05) is 41.9 Å². The molecule has 1 aliphatic carbocycles. The molecule has 1 saturated carbocycles. The third-order valence-corrected chi connectivity index (χ3v) is 7.75. The topological polar surface area (TPSA) is 84.0 Å². The Hall–Kier alpha value is -3.78. The van der Waals surface area contributed by atoms with Crippen molar-refractivity contribution < 1.29 is 19.2 Å². The van der Waals surface area contributed by atoms with E-state index in [0.717, 1.165) is 78.5 Å². The predicted molar refractivity (Wildman–Crippen MR) is 143 cm³/mol. The van der Waals surface area contributed by atoms with Crippen molar-refractivity contribution in [3.63, 3.8) is 0 Å². The highest BCUT2D eigenvalue weighted by atomic mass is 16.5. The molecule has 2 fully saturated rings. The molecule has 0 atom stereocenters. The molecule has 4 aromatic rings. The number of carbonyl (C=O) groups is 1. The van der Waals surface area contributed by atoms with Gasteiger partial charge in [0.2, 0.25) is 0 Å². The number of rotatable bonds is 8. The SMILES string of the molecule is COc1ccccc1-c1noc(C2CC2)c1CCN1CCN(c2ccc3c(C(=O)O)cn(C)c3c2)CC1. The van der Waals surface area contributed by atoms with Crippen LogP contribution in [0.2, 0.25) is 0 Å². The highest BCUT2D eigenvalue weighted by molar-refractivity contribution is 6.04. The van der Waals surface area contributed by atoms with Gasteiger partial charge < -0.3 is 23.8 Å². The van der Waals surface area contributed by atoms with E-state index in [0.29, 0.717) is 11.5 Å². The average molecular weight is 501 g/mol. The maximum absolute atomic E-state index is 11.5. The zero-order valence-corrected chi connectivity index (χ0v) is 21.3. The van der Waals surface area contributed by atoms with Crippen LogP contribution >= 0.6 is 0 Å². The maximum atomic E-state index is 11.5. The summed E-state index contributed by atoms with van der Waals surface area (Å²) in [5, 5.41) is 14.8. The van der Waals surface area contributed by atoms with Gasteiger partial charge in [0.25, 0.3) is 0 Å². The van der Waals surface area contributed by atoms with Gasteiger partial charge in [-0.25, -0.2) is 4.79 Å². The summed E-state index contributed by atoms with van der Waals surface area (Å²) in [5.74, 6) is 1.48. The monoisotopic (exact) mass is 500 g/mol. The summed E-state index contributed by atoms with van der Waals surface area (Å²) < 4.78 is 13.4. The lowest BCUT2D eigenvalue weighted by Crippen LogP contribution is -2.47. The van der Waals surface area contributed by atoms with Gasteiger partial charge in [-0.05, 0) is 49.6 Å². The molecule has 8 heteroatoms. The minimum Gasteiger partial charge on any atom is -0.496 e. The molecule has 3 heterocycles. The van der Waals surface area contributed by atoms with Gasteiger partial charge >= 0.3 is 5.97 Å². The lowest BCUT2D eigenvalue weighted by Gasteiger charge is -2.36. The number of hydrogen-bond acceptors (Lipinski definition) is 6. The van der Waals surface area contributed by atoms with Gasteiger partial charge in [-0.2, -0.15) is 0 Å². The van der Waals surface area contributed by atoms with Crippen LogP contribution < -0.4 is 9.64 Å². The van der Waals surface area contributed by atoms with E-state index < -0.39 is 5.97 Å². The van der Waals surface area contributed by atoms with Crippen LogP contribution in [0.4, 0.5) is 5.69 Å². The summed E-state index contributed by atoms with van der Waals surface area (Å²) in [6, 6.07) is 14.1. The van der Waals surface area contributed by atoms with Crippen molar-refractivity contribution in [3.05, 3.63) is 65.5 Å². The second-order valence-corrected chi connectivity index (χ2v) is 10.1. The molecule has 0 amide bonds. The van der Waals surface area contributed by atoms with Crippen LogP contribution in [0.5, 0.6) is 5.75 Å². The third kappa shape index (κ3) is 4.46. The Morgan fingerprint density at radius 1 is 1.14 bits per heavy atom. The van der Waals surface area contributed by atoms with E-state index >= 15 is 0 Å². The van der Waals surface area contributed by atoms with Crippen LogP contribution in [0.3, 0.4) is 0 Å². The number of para-hydroxylation sites is 1. The number of aromatic carboxylic acids is 1. The number of hydrogen-bond donors (Lipinski definition) is 1. The third-order valence-electron chi connectivity index (χ3n) is 7.75. The molecular weight excluding hydrogens is 468 g/mol. The van der Waals surface area contributed by atoms with Gasteiger partial charge in [-0.15, -0.1) is 0 Å². The van der Waals surface area contributed by atoms with Gasteiger partial charge in [0, 0.05) is 74.1 Å². The molecule has 1 aliphatic heterocycles. The van der Waals surface area contributed by atoms with Crippen molar-refractivity contribution in [2.75, 3.05) is 44.7 Å². The summed E-state index contributed by atoms with van der Waals surface area (Å²) in [6.45, 7) is 4.76. The number of fused-ring (bicyclic) bond motifs is 1. The zero-order valence-electron chi connectivity index (χ0n) is 21.3. The Balaban J connectivity index is 1.14. The Bertz CT molecular complexity index is 1440. The molecule has 6 rings (SSSR count). The summed E-state index contributed by atoms with van der Waals surface area (Å²) in [4.78, 5) is 16.4. The molecule has 8 nitrogen and oxygen atoms in total. The standard InChI is InChI=1S/C29H32N4O4/c1-31-18-24(29(34)35)21-10-9-20(17-25(21)31)33-15-13-32(14-16-33)12-11-23-27(30-37-28(23)19-7-8-19)22-5-3-4-6-26(22)36-2/h3-6,9-10,17-19H,7-8,11-16H2,1-2H3,(H,34,35). The number of piperazine rings is 1. The van der Waals surface area contributed by atoms with Crippen LogP contribution in [0, 0.1) is 0 Å². The Morgan fingerprint density at radius 3 is 2.65 bits per heavy atom. The van der Waals surface area contributed by atoms with Crippen molar-refractivity contribution in [3.8, 4) is 17.0 Å². The Labute approximate surface area is 216 Å². The first kappa shape index (κ1) is 23.6. The molecule has 0 radical (unpaired) electrons. The van der Waals surface area contributed by atoms with Crippen molar-refractivity contribution >= 4 is 22.6 Å². The van der Waals surface area contributed by atoms with Crippen LogP contribution in [-0.4, -0.2) is 65.5 Å². The largest absolute Gasteiger partial charge is 0.496 e. The molecule has 2 aliphatic rings. The summed E-state index contributed by atoms with van der Waals surface area (Å²) in [7, 11) is 3.59. The number of anilines is 1. The number of carboxylic acid groups (broad SMARTS) is 1. The minimum atomic E-state index is -0.890. The summed E-state index contributed by atoms with van der Waals surface area (Å²) in [5.41, 5.74) is 5.55. The lowest BCUT2D eigenvalue weighted by atomic mass is 10.0. The Kier molecular flexibility index (Phi) is 6.12. The molecule has 1 N–H and O–H groups in total. The first-order chi connectivity index (χ1) is 18.0. The number of ether oxygens (including phenoxy) is 1. The van der Waals surface area contributed by atoms with Crippen LogP contribution in [-0.2, 0) is 13.5 Å². The average Bonchev–Trinajstić information content (AvgIpc) is 3.60. The molecule has 192 valence electrons. The smallest absolute Gasteiger partial charge is 0.337 e. The van der Waals surface area contributed by atoms with Gasteiger partial charge in [-0.3, -0.25) is 4.90 Å². The van der Waals surface area contributed by atoms with Crippen molar-refractivity contribution in [2.45, 2.75) is 25.2 Å². The summed E-state index contributed by atoms with van der Waals surface area (Å²) in [6.07, 6.45) is 4.93. The molecule has 0 unspecified atom stereocenters. The highest BCUT2D eigenvalue weighted by Crippen LogP contribution is 2.45. The predicted octanol–water partition coefficient (Wildman–Crippen LogP) is 4.78. The minimum absolute atomic E-state index is 0.348. The molecule has 0 spiro atoms. The fourth-order valence-corrected chi connectivity index (χ4v) is 5.52. The normalized spacial score (nSPS) is 16.4. The van der Waals surface area contributed by atoms with E-state index in [1.165, 1.54) is 18.4 Å². The van der Waals surface area contributed by atoms with E-state index in [2.05, 4.69) is 27.1 Å². The first-order valence-electron chi connectivity index (χ1n) is 12.9. The van der Waals surface area contributed by atoms with Crippen LogP contribution in [0.25, 0.3) is 22.2 Å². The second kappa shape index (κ2) is 9.59. The number of aryl methyl sites for hydroxylation is 1. The van der Waals surface area contributed by atoms with Gasteiger partial charge in [0.15, 0.2) is 0 Å². The van der Waals surface area contributed by atoms with E-state index in [-0.39, 0.29) is 0 Å². The van der Waals surface area contributed by atoms with Crippen LogP contribution in [0.1, 0.15) is 40.4 Å². The molecule has 2 aromatic heterocycles. The van der Waals surface area contributed by atoms with Gasteiger partial charge in [0.05, 0.1) is 18.2 Å². The second-order valence-electron chi connectivity index (χ2n) is 10.1. The van der Waals surface area contributed by atoms with Crippen molar-refractivity contribution in [2.24, 2.45) is 7.05 Å².